The molecule has 0 radical (unpaired) electrons. The lowest BCUT2D eigenvalue weighted by Crippen LogP contribution is -2.24. The van der Waals surface area contributed by atoms with E-state index in [-0.39, 0.29) is 12.3 Å². The summed E-state index contributed by atoms with van der Waals surface area (Å²) in [6.07, 6.45) is -0.290. The lowest BCUT2D eigenvalue weighted by Gasteiger charge is -2.15. The van der Waals surface area contributed by atoms with Gasteiger partial charge in [0.25, 0.3) is 0 Å². The topological polar surface area (TPSA) is 40.5 Å². The number of nitrogens with zero attached hydrogens (tertiary/aromatic N) is 1. The van der Waals surface area contributed by atoms with Crippen molar-refractivity contribution in [2.45, 2.75) is 12.5 Å². The van der Waals surface area contributed by atoms with E-state index in [1.54, 1.807) is 4.90 Å². The molecule has 3 nitrogen and oxygen atoms in total. The average molecular weight is 256 g/mol. The van der Waals surface area contributed by atoms with Gasteiger partial charge in [-0.15, -0.1) is 0 Å². The van der Waals surface area contributed by atoms with E-state index in [9.17, 15) is 9.90 Å². The molecule has 0 saturated carbocycles. The Labute approximate surface area is 90.5 Å². The first-order chi connectivity index (χ1) is 6.66. The van der Waals surface area contributed by atoms with Crippen LogP contribution in [0, 0.1) is 0 Å². The van der Waals surface area contributed by atoms with Crippen molar-refractivity contribution in [3.63, 3.8) is 0 Å². The Kier molecular flexibility index (Phi) is 2.56. The van der Waals surface area contributed by atoms with Gasteiger partial charge in [0.1, 0.15) is 0 Å². The number of β-amino-alcohol motifs (C(OH)–C–C–N with tert-alkyl or cyclic N) is 1. The Balaban J connectivity index is 2.23. The molecule has 1 fully saturated rings. The van der Waals surface area contributed by atoms with Crippen LogP contribution in [0.5, 0.6) is 0 Å². The molecule has 1 aliphatic heterocycles. The molecule has 74 valence electrons. The van der Waals surface area contributed by atoms with E-state index in [1.165, 1.54) is 0 Å². The third-order valence-electron chi connectivity index (χ3n) is 2.24. The summed E-state index contributed by atoms with van der Waals surface area (Å²) in [7, 11) is 0. The van der Waals surface area contributed by atoms with Crippen LogP contribution in [0.1, 0.15) is 6.42 Å². The molecule has 0 spiro atoms. The second-order valence-corrected chi connectivity index (χ2v) is 4.25. The van der Waals surface area contributed by atoms with Gasteiger partial charge < -0.3 is 10.0 Å². The van der Waals surface area contributed by atoms with Gasteiger partial charge in [-0.25, -0.2) is 0 Å². The fourth-order valence-corrected chi connectivity index (χ4v) is 1.82. The first kappa shape index (κ1) is 9.68. The first-order valence-corrected chi connectivity index (χ1v) is 5.20. The molecule has 14 heavy (non-hydrogen) atoms. The van der Waals surface area contributed by atoms with Crippen molar-refractivity contribution in [3.8, 4) is 0 Å². The summed E-state index contributed by atoms with van der Waals surface area (Å²) < 4.78 is 0.980. The van der Waals surface area contributed by atoms with Gasteiger partial charge in [-0.05, 0) is 24.3 Å². The second kappa shape index (κ2) is 3.71. The Hall–Kier alpha value is -0.870. The highest BCUT2D eigenvalue weighted by atomic mass is 79.9. The van der Waals surface area contributed by atoms with Crippen LogP contribution in [0.2, 0.25) is 0 Å². The van der Waals surface area contributed by atoms with E-state index in [2.05, 4.69) is 15.9 Å². The molecule has 1 saturated heterocycles. The second-order valence-electron chi connectivity index (χ2n) is 3.34. The van der Waals surface area contributed by atoms with Crippen LogP contribution >= 0.6 is 15.9 Å². The predicted molar refractivity (Wildman–Crippen MR) is 57.1 cm³/mol. The van der Waals surface area contributed by atoms with Crippen molar-refractivity contribution in [2.75, 3.05) is 11.4 Å². The molecule has 1 unspecified atom stereocenters. The zero-order valence-corrected chi connectivity index (χ0v) is 9.07. The van der Waals surface area contributed by atoms with Gasteiger partial charge >= 0.3 is 0 Å². The fraction of sp³-hybridized carbons (Fsp3) is 0.300. The lowest BCUT2D eigenvalue weighted by molar-refractivity contribution is -0.117. The smallest absolute Gasteiger partial charge is 0.229 e. The lowest BCUT2D eigenvalue weighted by atomic mass is 10.3. The fourth-order valence-electron chi connectivity index (χ4n) is 1.56. The largest absolute Gasteiger partial charge is 0.391 e. The number of anilines is 1. The van der Waals surface area contributed by atoms with Gasteiger partial charge in [0, 0.05) is 10.2 Å². The van der Waals surface area contributed by atoms with Gasteiger partial charge in [0.2, 0.25) is 5.91 Å². The highest BCUT2D eigenvalue weighted by Crippen LogP contribution is 2.23. The molecular weight excluding hydrogens is 246 g/mol. The zero-order chi connectivity index (χ0) is 10.1. The van der Waals surface area contributed by atoms with Crippen molar-refractivity contribution < 1.29 is 9.90 Å². The van der Waals surface area contributed by atoms with Crippen molar-refractivity contribution in [1.82, 2.24) is 0 Å². The highest BCUT2D eigenvalue weighted by Gasteiger charge is 2.28. The number of aliphatic hydroxyl groups is 1. The van der Waals surface area contributed by atoms with Gasteiger partial charge in [-0.3, -0.25) is 4.79 Å². The van der Waals surface area contributed by atoms with Crippen LogP contribution in [0.4, 0.5) is 5.69 Å². The average Bonchev–Trinajstić information content (AvgIpc) is 2.47. The molecule has 1 N–H and O–H groups in total. The third-order valence-corrected chi connectivity index (χ3v) is 2.77. The maximum absolute atomic E-state index is 11.4. The van der Waals surface area contributed by atoms with Gasteiger partial charge in [-0.2, -0.15) is 0 Å². The maximum atomic E-state index is 11.4. The van der Waals surface area contributed by atoms with Crippen molar-refractivity contribution in [3.05, 3.63) is 28.7 Å². The number of hydrogen-bond acceptors (Lipinski definition) is 2. The van der Waals surface area contributed by atoms with E-state index < -0.39 is 6.10 Å². The predicted octanol–water partition coefficient (Wildman–Crippen LogP) is 1.55. The Morgan fingerprint density at radius 1 is 1.36 bits per heavy atom. The molecule has 2 rings (SSSR count). The maximum Gasteiger partial charge on any atom is 0.229 e. The van der Waals surface area contributed by atoms with Crippen LogP contribution in [0.25, 0.3) is 0 Å². The van der Waals surface area contributed by atoms with Crippen LogP contribution in [0.3, 0.4) is 0 Å². The SMILES string of the molecule is O=C1CC(O)CN1c1ccc(Br)cc1. The quantitative estimate of drug-likeness (QED) is 0.828. The monoisotopic (exact) mass is 255 g/mol. The minimum Gasteiger partial charge on any atom is -0.391 e. The van der Waals surface area contributed by atoms with Crippen LogP contribution in [-0.2, 0) is 4.79 Å². The Morgan fingerprint density at radius 3 is 2.50 bits per heavy atom. The van der Waals surface area contributed by atoms with Crippen LogP contribution in [-0.4, -0.2) is 23.7 Å². The standard InChI is InChI=1S/C10H10BrNO2/c11-7-1-3-8(4-2-7)12-6-9(13)5-10(12)14/h1-4,9,13H,5-6H2. The molecule has 1 aliphatic rings. The van der Waals surface area contributed by atoms with Crippen LogP contribution < -0.4 is 4.90 Å². The summed E-state index contributed by atoms with van der Waals surface area (Å²) in [6.45, 7) is 0.403. The van der Waals surface area contributed by atoms with E-state index in [1.807, 2.05) is 24.3 Å². The molecule has 0 aliphatic carbocycles. The molecular formula is C10H10BrNO2. The first-order valence-electron chi connectivity index (χ1n) is 4.41. The summed E-state index contributed by atoms with van der Waals surface area (Å²) in [5.74, 6) is -0.0141. The number of carbonyl (C=O) groups is 1. The molecule has 0 aromatic heterocycles. The summed E-state index contributed by atoms with van der Waals surface area (Å²) in [5.41, 5.74) is 0.842. The minimum atomic E-state index is -0.522. The number of amides is 1. The van der Waals surface area contributed by atoms with Gasteiger partial charge in [-0.1, -0.05) is 15.9 Å². The number of benzene rings is 1. The molecule has 1 aromatic carbocycles. The number of rotatable bonds is 1. The molecule has 1 aromatic rings. The normalized spacial score (nSPS) is 21.7. The van der Waals surface area contributed by atoms with Gasteiger partial charge in [0.05, 0.1) is 19.1 Å². The summed E-state index contributed by atoms with van der Waals surface area (Å²) in [4.78, 5) is 13.0. The van der Waals surface area contributed by atoms with Crippen molar-refractivity contribution >= 4 is 27.5 Å². The highest BCUT2D eigenvalue weighted by molar-refractivity contribution is 9.10. The minimum absolute atomic E-state index is 0.0141. The number of aliphatic hydroxyl groups excluding tert-OH is 1. The van der Waals surface area contributed by atoms with Crippen LogP contribution in [0.15, 0.2) is 28.7 Å². The van der Waals surface area contributed by atoms with E-state index in [0.717, 1.165) is 10.2 Å². The molecule has 4 heteroatoms. The zero-order valence-electron chi connectivity index (χ0n) is 7.48. The molecule has 1 heterocycles. The number of hydrogen-bond donors (Lipinski definition) is 1. The van der Waals surface area contributed by atoms with Gasteiger partial charge in [0.15, 0.2) is 0 Å². The van der Waals surface area contributed by atoms with Crippen molar-refractivity contribution in [1.29, 1.82) is 0 Å². The summed E-state index contributed by atoms with van der Waals surface area (Å²) in [6, 6.07) is 7.49. The Bertz CT molecular complexity index is 350. The molecule has 1 atom stereocenters. The van der Waals surface area contributed by atoms with E-state index in [0.29, 0.717) is 6.54 Å². The summed E-state index contributed by atoms with van der Waals surface area (Å²) in [5, 5.41) is 9.31. The van der Waals surface area contributed by atoms with E-state index >= 15 is 0 Å². The molecule has 1 amide bonds. The number of halogens is 1. The number of carbonyl (C=O) groups excluding carboxylic acids is 1. The molecule has 0 bridgehead atoms. The van der Waals surface area contributed by atoms with Crippen molar-refractivity contribution in [2.24, 2.45) is 0 Å². The Morgan fingerprint density at radius 2 is 2.00 bits per heavy atom. The summed E-state index contributed by atoms with van der Waals surface area (Å²) >= 11 is 3.33. The third kappa shape index (κ3) is 1.81. The van der Waals surface area contributed by atoms with E-state index in [4.69, 9.17) is 0 Å².